The summed E-state index contributed by atoms with van der Waals surface area (Å²) in [6, 6.07) is 6.26. The van der Waals surface area contributed by atoms with Gasteiger partial charge in [-0.1, -0.05) is 11.6 Å². The van der Waals surface area contributed by atoms with E-state index < -0.39 is 35.1 Å². The first-order valence-corrected chi connectivity index (χ1v) is 8.04. The van der Waals surface area contributed by atoms with Crippen LogP contribution in [0, 0.1) is 0 Å². The second-order valence-electron chi connectivity index (χ2n) is 5.50. The molecule has 0 atom stereocenters. The lowest BCUT2D eigenvalue weighted by molar-refractivity contribution is -0.138. The van der Waals surface area contributed by atoms with Crippen molar-refractivity contribution in [1.29, 1.82) is 0 Å². The standard InChI is InChI=1S/C17H16ClF3N2O4/c1-26-10-16(25)23(8-12-3-2-6-27-12)9-15(24)22-11-4-5-14(18)13(7-11)17(19,20)21/h2-7H,8-10H2,1H3,(H,22,24). The lowest BCUT2D eigenvalue weighted by Crippen LogP contribution is -2.39. The smallest absolute Gasteiger partial charge is 0.417 e. The van der Waals surface area contributed by atoms with Crippen LogP contribution in [0.1, 0.15) is 11.3 Å². The third-order valence-electron chi connectivity index (χ3n) is 3.44. The van der Waals surface area contributed by atoms with E-state index in [2.05, 4.69) is 5.32 Å². The zero-order chi connectivity index (χ0) is 20.0. The van der Waals surface area contributed by atoms with E-state index in [1.165, 1.54) is 19.4 Å². The van der Waals surface area contributed by atoms with Crippen molar-refractivity contribution in [2.24, 2.45) is 0 Å². The van der Waals surface area contributed by atoms with E-state index in [0.29, 0.717) is 5.76 Å². The molecule has 0 saturated heterocycles. The van der Waals surface area contributed by atoms with Gasteiger partial charge in [0.15, 0.2) is 0 Å². The Balaban J connectivity index is 2.10. The summed E-state index contributed by atoms with van der Waals surface area (Å²) in [5, 5.41) is 1.85. The Morgan fingerprint density at radius 2 is 2.04 bits per heavy atom. The Kier molecular flexibility index (Phi) is 6.86. The molecule has 27 heavy (non-hydrogen) atoms. The van der Waals surface area contributed by atoms with E-state index in [1.807, 2.05) is 0 Å². The monoisotopic (exact) mass is 404 g/mol. The molecule has 1 heterocycles. The molecule has 2 rings (SSSR count). The van der Waals surface area contributed by atoms with E-state index in [0.717, 1.165) is 17.0 Å². The van der Waals surface area contributed by atoms with E-state index in [-0.39, 0.29) is 18.8 Å². The van der Waals surface area contributed by atoms with Gasteiger partial charge < -0.3 is 19.4 Å². The van der Waals surface area contributed by atoms with Gasteiger partial charge in [-0.3, -0.25) is 9.59 Å². The number of amides is 2. The van der Waals surface area contributed by atoms with Crippen molar-refractivity contribution < 1.29 is 31.9 Å². The van der Waals surface area contributed by atoms with Gasteiger partial charge in [-0.15, -0.1) is 0 Å². The zero-order valence-corrected chi connectivity index (χ0v) is 14.9. The molecule has 0 aliphatic carbocycles. The SMILES string of the molecule is COCC(=O)N(CC(=O)Nc1ccc(Cl)c(C(F)(F)F)c1)Cc1ccco1. The van der Waals surface area contributed by atoms with Crippen molar-refractivity contribution in [1.82, 2.24) is 4.90 Å². The number of benzene rings is 1. The molecule has 0 aliphatic heterocycles. The third kappa shape index (κ3) is 6.00. The Labute approximate surface area is 157 Å². The molecule has 146 valence electrons. The highest BCUT2D eigenvalue weighted by molar-refractivity contribution is 6.31. The van der Waals surface area contributed by atoms with Gasteiger partial charge in [0.2, 0.25) is 11.8 Å². The van der Waals surface area contributed by atoms with Gasteiger partial charge in [0, 0.05) is 12.8 Å². The first-order chi connectivity index (χ1) is 12.7. The number of ether oxygens (including phenoxy) is 1. The number of hydrogen-bond acceptors (Lipinski definition) is 4. The van der Waals surface area contributed by atoms with Crippen LogP contribution in [0.15, 0.2) is 41.0 Å². The minimum Gasteiger partial charge on any atom is -0.467 e. The van der Waals surface area contributed by atoms with E-state index in [1.54, 1.807) is 12.1 Å². The molecular formula is C17H16ClF3N2O4. The Bertz CT molecular complexity index is 794. The topological polar surface area (TPSA) is 71.8 Å². The first kappa shape index (κ1) is 20.8. The number of carbonyl (C=O) groups is 2. The minimum absolute atomic E-state index is 0.0109. The van der Waals surface area contributed by atoms with Crippen molar-refractivity contribution in [2.75, 3.05) is 25.6 Å². The van der Waals surface area contributed by atoms with Gasteiger partial charge in [0.25, 0.3) is 0 Å². The van der Waals surface area contributed by atoms with Gasteiger partial charge in [-0.05, 0) is 30.3 Å². The minimum atomic E-state index is -4.66. The number of hydrogen-bond donors (Lipinski definition) is 1. The molecule has 0 spiro atoms. The third-order valence-corrected chi connectivity index (χ3v) is 3.77. The van der Waals surface area contributed by atoms with Crippen LogP contribution in [0.5, 0.6) is 0 Å². The predicted molar refractivity (Wildman–Crippen MR) is 91.1 cm³/mol. The first-order valence-electron chi connectivity index (χ1n) is 7.66. The second kappa shape index (κ2) is 8.92. The molecule has 2 amide bonds. The summed E-state index contributed by atoms with van der Waals surface area (Å²) in [6.07, 6.45) is -3.24. The van der Waals surface area contributed by atoms with Crippen LogP contribution in [-0.2, 0) is 27.0 Å². The molecule has 1 aromatic heterocycles. The molecule has 0 fully saturated rings. The quantitative estimate of drug-likeness (QED) is 0.766. The van der Waals surface area contributed by atoms with Crippen LogP contribution in [0.2, 0.25) is 5.02 Å². The maximum atomic E-state index is 12.9. The summed E-state index contributed by atoms with van der Waals surface area (Å²) in [5.74, 6) is -0.712. The van der Waals surface area contributed by atoms with E-state index in [9.17, 15) is 22.8 Å². The van der Waals surface area contributed by atoms with Gasteiger partial charge in [0.05, 0.1) is 23.4 Å². The van der Waals surface area contributed by atoms with Crippen LogP contribution in [0.25, 0.3) is 0 Å². The molecule has 0 radical (unpaired) electrons. The fraction of sp³-hybridized carbons (Fsp3) is 0.294. The van der Waals surface area contributed by atoms with E-state index >= 15 is 0 Å². The highest BCUT2D eigenvalue weighted by atomic mass is 35.5. The zero-order valence-electron chi connectivity index (χ0n) is 14.2. The molecular weight excluding hydrogens is 389 g/mol. The molecule has 6 nitrogen and oxygen atoms in total. The lowest BCUT2D eigenvalue weighted by Gasteiger charge is -2.21. The average Bonchev–Trinajstić information content (AvgIpc) is 3.08. The van der Waals surface area contributed by atoms with Crippen LogP contribution < -0.4 is 5.32 Å². The number of rotatable bonds is 7. The Morgan fingerprint density at radius 1 is 1.30 bits per heavy atom. The Morgan fingerprint density at radius 3 is 2.63 bits per heavy atom. The molecule has 0 unspecified atom stereocenters. The molecule has 0 bridgehead atoms. The fourth-order valence-corrected chi connectivity index (χ4v) is 2.46. The number of alkyl halides is 3. The number of methoxy groups -OCH3 is 1. The predicted octanol–water partition coefficient (Wildman–Crippen LogP) is 3.57. The van der Waals surface area contributed by atoms with Gasteiger partial charge in [-0.2, -0.15) is 13.2 Å². The van der Waals surface area contributed by atoms with Crippen LogP contribution >= 0.6 is 11.6 Å². The lowest BCUT2D eigenvalue weighted by atomic mass is 10.2. The van der Waals surface area contributed by atoms with Crippen molar-refractivity contribution in [3.63, 3.8) is 0 Å². The molecule has 0 saturated carbocycles. The maximum absolute atomic E-state index is 12.9. The number of nitrogens with zero attached hydrogens (tertiary/aromatic N) is 1. The van der Waals surface area contributed by atoms with Gasteiger partial charge in [-0.25, -0.2) is 0 Å². The summed E-state index contributed by atoms with van der Waals surface area (Å²) in [7, 11) is 1.33. The van der Waals surface area contributed by atoms with Crippen molar-refractivity contribution >= 4 is 29.1 Å². The highest BCUT2D eigenvalue weighted by Gasteiger charge is 2.33. The summed E-state index contributed by atoms with van der Waals surface area (Å²) in [5.41, 5.74) is -1.15. The normalized spacial score (nSPS) is 11.3. The number of carbonyl (C=O) groups excluding carboxylic acids is 2. The van der Waals surface area contributed by atoms with Crippen molar-refractivity contribution in [3.05, 3.63) is 52.9 Å². The van der Waals surface area contributed by atoms with Gasteiger partial charge >= 0.3 is 6.18 Å². The van der Waals surface area contributed by atoms with E-state index in [4.69, 9.17) is 20.8 Å². The number of furan rings is 1. The largest absolute Gasteiger partial charge is 0.467 e. The van der Waals surface area contributed by atoms with Crippen molar-refractivity contribution in [2.45, 2.75) is 12.7 Å². The molecule has 2 aromatic rings. The average molecular weight is 405 g/mol. The number of nitrogens with one attached hydrogen (secondary N) is 1. The summed E-state index contributed by atoms with van der Waals surface area (Å²) in [6.45, 7) is -0.642. The molecule has 1 N–H and O–H groups in total. The highest BCUT2D eigenvalue weighted by Crippen LogP contribution is 2.36. The van der Waals surface area contributed by atoms with Gasteiger partial charge in [0.1, 0.15) is 18.9 Å². The van der Waals surface area contributed by atoms with Crippen molar-refractivity contribution in [3.8, 4) is 0 Å². The van der Waals surface area contributed by atoms with Crippen LogP contribution in [0.4, 0.5) is 18.9 Å². The Hall–Kier alpha value is -2.52. The molecule has 1 aromatic carbocycles. The fourth-order valence-electron chi connectivity index (χ4n) is 2.23. The molecule has 0 aliphatic rings. The summed E-state index contributed by atoms with van der Waals surface area (Å²) in [4.78, 5) is 25.5. The number of anilines is 1. The van der Waals surface area contributed by atoms with Crippen LogP contribution in [0.3, 0.4) is 0 Å². The molecule has 10 heteroatoms. The maximum Gasteiger partial charge on any atom is 0.417 e. The summed E-state index contributed by atoms with van der Waals surface area (Å²) >= 11 is 5.55. The second-order valence-corrected chi connectivity index (χ2v) is 5.91. The summed E-state index contributed by atoms with van der Waals surface area (Å²) < 4.78 is 48.6. The van der Waals surface area contributed by atoms with Crippen LogP contribution in [-0.4, -0.2) is 37.0 Å². The number of halogens is 4.